The summed E-state index contributed by atoms with van der Waals surface area (Å²) in [6.07, 6.45) is 5.84. The van der Waals surface area contributed by atoms with E-state index in [9.17, 15) is 0 Å². The predicted molar refractivity (Wildman–Crippen MR) is 71.0 cm³/mol. The highest BCUT2D eigenvalue weighted by atomic mass is 16.5. The van der Waals surface area contributed by atoms with Crippen LogP contribution in [0.4, 0.5) is 0 Å². The van der Waals surface area contributed by atoms with E-state index < -0.39 is 0 Å². The maximum Gasteiger partial charge on any atom is 0.0596 e. The standard InChI is InChI=1S/C13H24N4O/c1-10-7-12(17(2)16-10)8-11(15-14)9-13-5-3-4-6-18-13/h7,11,13,15H,3-6,8-9,14H2,1-2H3. The molecule has 1 saturated heterocycles. The minimum Gasteiger partial charge on any atom is -0.378 e. The van der Waals surface area contributed by atoms with E-state index in [4.69, 9.17) is 10.6 Å². The van der Waals surface area contributed by atoms with Crippen molar-refractivity contribution in [3.63, 3.8) is 0 Å². The van der Waals surface area contributed by atoms with Gasteiger partial charge >= 0.3 is 0 Å². The van der Waals surface area contributed by atoms with Crippen LogP contribution in [-0.4, -0.2) is 28.5 Å². The Morgan fingerprint density at radius 1 is 1.61 bits per heavy atom. The lowest BCUT2D eigenvalue weighted by Crippen LogP contribution is -2.40. The normalized spacial score (nSPS) is 22.1. The topological polar surface area (TPSA) is 65.1 Å². The summed E-state index contributed by atoms with van der Waals surface area (Å²) in [5, 5.41) is 4.36. The molecule has 0 saturated carbocycles. The van der Waals surface area contributed by atoms with Crippen LogP contribution in [0, 0.1) is 6.92 Å². The summed E-state index contributed by atoms with van der Waals surface area (Å²) in [6, 6.07) is 2.37. The first-order valence-corrected chi connectivity index (χ1v) is 6.76. The minimum atomic E-state index is 0.253. The van der Waals surface area contributed by atoms with Crippen molar-refractivity contribution in [3.8, 4) is 0 Å². The van der Waals surface area contributed by atoms with Gasteiger partial charge in [-0.05, 0) is 38.7 Å². The zero-order valence-corrected chi connectivity index (χ0v) is 11.4. The maximum absolute atomic E-state index is 5.77. The highest BCUT2D eigenvalue weighted by molar-refractivity contribution is 5.10. The number of nitrogens with two attached hydrogens (primary N) is 1. The van der Waals surface area contributed by atoms with Gasteiger partial charge < -0.3 is 4.74 Å². The van der Waals surface area contributed by atoms with Crippen LogP contribution in [-0.2, 0) is 18.2 Å². The summed E-state index contributed by atoms with van der Waals surface area (Å²) in [5.41, 5.74) is 5.18. The third kappa shape index (κ3) is 3.54. The summed E-state index contributed by atoms with van der Waals surface area (Å²) in [6.45, 7) is 2.91. The first-order valence-electron chi connectivity index (χ1n) is 6.76. The van der Waals surface area contributed by atoms with Gasteiger partial charge in [-0.2, -0.15) is 5.10 Å². The molecule has 2 heterocycles. The Labute approximate surface area is 109 Å². The fourth-order valence-electron chi connectivity index (χ4n) is 2.63. The monoisotopic (exact) mass is 252 g/mol. The van der Waals surface area contributed by atoms with Crippen molar-refractivity contribution < 1.29 is 4.74 Å². The van der Waals surface area contributed by atoms with E-state index in [0.717, 1.165) is 31.6 Å². The Bertz CT molecular complexity index is 371. The van der Waals surface area contributed by atoms with Crippen molar-refractivity contribution in [3.05, 3.63) is 17.5 Å². The van der Waals surface area contributed by atoms with Crippen LogP contribution >= 0.6 is 0 Å². The molecule has 0 bridgehead atoms. The summed E-state index contributed by atoms with van der Waals surface area (Å²) < 4.78 is 7.70. The average Bonchev–Trinajstić information content (AvgIpc) is 2.68. The predicted octanol–water partition coefficient (Wildman–Crippen LogP) is 1.06. The van der Waals surface area contributed by atoms with E-state index in [-0.39, 0.29) is 6.04 Å². The Morgan fingerprint density at radius 2 is 2.44 bits per heavy atom. The van der Waals surface area contributed by atoms with Gasteiger partial charge in [0, 0.05) is 31.8 Å². The van der Waals surface area contributed by atoms with Crippen molar-refractivity contribution in [2.45, 2.75) is 51.2 Å². The van der Waals surface area contributed by atoms with Crippen LogP contribution in [0.1, 0.15) is 37.1 Å². The van der Waals surface area contributed by atoms with Crippen LogP contribution in [0.3, 0.4) is 0 Å². The van der Waals surface area contributed by atoms with Crippen molar-refractivity contribution in [2.24, 2.45) is 12.9 Å². The van der Waals surface area contributed by atoms with E-state index >= 15 is 0 Å². The fourth-order valence-corrected chi connectivity index (χ4v) is 2.63. The van der Waals surface area contributed by atoms with E-state index in [0.29, 0.717) is 6.10 Å². The molecule has 0 spiro atoms. The summed E-state index contributed by atoms with van der Waals surface area (Å²) >= 11 is 0. The lowest BCUT2D eigenvalue weighted by molar-refractivity contribution is 0.00514. The van der Waals surface area contributed by atoms with Gasteiger partial charge in [-0.25, -0.2) is 0 Å². The number of aromatic nitrogens is 2. The SMILES string of the molecule is Cc1cc(CC(CC2CCCCO2)NN)n(C)n1. The summed E-state index contributed by atoms with van der Waals surface area (Å²) in [4.78, 5) is 0. The molecule has 102 valence electrons. The van der Waals surface area contributed by atoms with Gasteiger partial charge in [0.1, 0.15) is 0 Å². The molecule has 5 nitrogen and oxygen atoms in total. The summed E-state index contributed by atoms with van der Waals surface area (Å²) in [5.74, 6) is 5.66. The Kier molecular flexibility index (Phi) is 4.74. The first kappa shape index (κ1) is 13.5. The van der Waals surface area contributed by atoms with E-state index in [2.05, 4.69) is 16.6 Å². The second-order valence-electron chi connectivity index (χ2n) is 5.19. The van der Waals surface area contributed by atoms with Crippen LogP contribution in [0.2, 0.25) is 0 Å². The van der Waals surface area contributed by atoms with Gasteiger partial charge in [0.25, 0.3) is 0 Å². The molecule has 2 atom stereocenters. The fraction of sp³-hybridized carbons (Fsp3) is 0.769. The zero-order valence-electron chi connectivity index (χ0n) is 11.4. The number of hydrazine groups is 1. The number of rotatable bonds is 5. The van der Waals surface area contributed by atoms with Crippen molar-refractivity contribution in [2.75, 3.05) is 6.61 Å². The number of aryl methyl sites for hydroxylation is 2. The number of nitrogens with one attached hydrogen (secondary N) is 1. The molecule has 0 aliphatic carbocycles. The van der Waals surface area contributed by atoms with Gasteiger partial charge in [-0.15, -0.1) is 0 Å². The van der Waals surface area contributed by atoms with Gasteiger partial charge in [0.2, 0.25) is 0 Å². The van der Waals surface area contributed by atoms with Crippen LogP contribution in [0.25, 0.3) is 0 Å². The number of ether oxygens (including phenoxy) is 1. The molecule has 18 heavy (non-hydrogen) atoms. The molecule has 1 aliphatic rings. The third-order valence-electron chi connectivity index (χ3n) is 3.61. The highest BCUT2D eigenvalue weighted by Crippen LogP contribution is 2.18. The highest BCUT2D eigenvalue weighted by Gasteiger charge is 2.20. The molecule has 0 aromatic carbocycles. The molecule has 1 aromatic heterocycles. The molecule has 3 N–H and O–H groups in total. The average molecular weight is 252 g/mol. The smallest absolute Gasteiger partial charge is 0.0596 e. The summed E-state index contributed by atoms with van der Waals surface area (Å²) in [7, 11) is 1.98. The Morgan fingerprint density at radius 3 is 3.00 bits per heavy atom. The number of hydrogen-bond donors (Lipinski definition) is 2. The third-order valence-corrected chi connectivity index (χ3v) is 3.61. The van der Waals surface area contributed by atoms with Gasteiger partial charge in [0.15, 0.2) is 0 Å². The number of nitrogens with zero attached hydrogens (tertiary/aromatic N) is 2. The van der Waals surface area contributed by atoms with Crippen LogP contribution < -0.4 is 11.3 Å². The van der Waals surface area contributed by atoms with E-state index in [1.807, 2.05) is 18.7 Å². The van der Waals surface area contributed by atoms with Crippen LogP contribution in [0.15, 0.2) is 6.07 Å². The first-order chi connectivity index (χ1) is 8.69. The Balaban J connectivity index is 1.90. The van der Waals surface area contributed by atoms with Crippen molar-refractivity contribution >= 4 is 0 Å². The molecule has 1 aromatic rings. The van der Waals surface area contributed by atoms with Crippen molar-refractivity contribution in [1.82, 2.24) is 15.2 Å². The quantitative estimate of drug-likeness (QED) is 0.607. The van der Waals surface area contributed by atoms with Crippen molar-refractivity contribution in [1.29, 1.82) is 0 Å². The van der Waals surface area contributed by atoms with Gasteiger partial charge in [-0.1, -0.05) is 0 Å². The molecule has 0 amide bonds. The second-order valence-corrected chi connectivity index (χ2v) is 5.19. The maximum atomic E-state index is 5.77. The lowest BCUT2D eigenvalue weighted by atomic mass is 9.99. The van der Waals surface area contributed by atoms with Gasteiger partial charge in [0.05, 0.1) is 11.8 Å². The van der Waals surface area contributed by atoms with Crippen LogP contribution in [0.5, 0.6) is 0 Å². The largest absolute Gasteiger partial charge is 0.378 e. The molecule has 0 radical (unpaired) electrons. The number of hydrogen-bond acceptors (Lipinski definition) is 4. The molecule has 5 heteroatoms. The molecular weight excluding hydrogens is 228 g/mol. The Hall–Kier alpha value is -0.910. The molecule has 2 rings (SSSR count). The molecule has 1 aliphatic heterocycles. The second kappa shape index (κ2) is 6.31. The van der Waals surface area contributed by atoms with Gasteiger partial charge in [-0.3, -0.25) is 16.0 Å². The van der Waals surface area contributed by atoms with E-state index in [1.165, 1.54) is 18.5 Å². The molecule has 2 unspecified atom stereocenters. The lowest BCUT2D eigenvalue weighted by Gasteiger charge is -2.26. The molecule has 1 fully saturated rings. The zero-order chi connectivity index (χ0) is 13.0. The van der Waals surface area contributed by atoms with E-state index in [1.54, 1.807) is 0 Å². The molecular formula is C13H24N4O. The minimum absolute atomic E-state index is 0.253.